The van der Waals surface area contributed by atoms with Crippen molar-refractivity contribution in [1.29, 1.82) is 0 Å². The van der Waals surface area contributed by atoms with Gasteiger partial charge in [-0.2, -0.15) is 0 Å². The monoisotopic (exact) mass is 678 g/mol. The van der Waals surface area contributed by atoms with E-state index in [1.807, 2.05) is 31.3 Å². The molecule has 0 radical (unpaired) electrons. The number of hydrogen-bond acceptors (Lipinski definition) is 12. The number of nitrogens with zero attached hydrogens (tertiary/aromatic N) is 9. The third-order valence-electron chi connectivity index (χ3n) is 9.19. The Balaban J connectivity index is 1.01. The second kappa shape index (κ2) is 14.7. The Bertz CT molecular complexity index is 1620. The molecule has 48 heavy (non-hydrogen) atoms. The van der Waals surface area contributed by atoms with E-state index in [1.54, 1.807) is 23.4 Å². The smallest absolute Gasteiger partial charge is 0.256 e. The first kappa shape index (κ1) is 32.7. The Kier molecular flexibility index (Phi) is 10.0. The van der Waals surface area contributed by atoms with E-state index in [-0.39, 0.29) is 18.3 Å². The molecule has 5 heterocycles. The van der Waals surface area contributed by atoms with Gasteiger partial charge in [0.1, 0.15) is 23.9 Å². The maximum absolute atomic E-state index is 6.46. The van der Waals surface area contributed by atoms with E-state index in [4.69, 9.17) is 35.6 Å². The van der Waals surface area contributed by atoms with Crippen LogP contribution < -0.4 is 14.8 Å². The predicted molar refractivity (Wildman–Crippen MR) is 179 cm³/mol. The maximum Gasteiger partial charge on any atom is 0.256 e. The van der Waals surface area contributed by atoms with Crippen molar-refractivity contribution in [3.05, 3.63) is 48.1 Å². The van der Waals surface area contributed by atoms with E-state index in [1.165, 1.54) is 0 Å². The number of halogens is 1. The van der Waals surface area contributed by atoms with E-state index in [9.17, 15) is 0 Å². The molecule has 4 aromatic rings. The molecule has 3 atom stereocenters. The third kappa shape index (κ3) is 7.88. The van der Waals surface area contributed by atoms with Gasteiger partial charge in [-0.25, -0.2) is 14.6 Å². The molecule has 3 aliphatic rings. The van der Waals surface area contributed by atoms with Gasteiger partial charge in [0.15, 0.2) is 0 Å². The lowest BCUT2D eigenvalue weighted by molar-refractivity contribution is -0.0852. The van der Waals surface area contributed by atoms with Crippen molar-refractivity contribution in [3.8, 4) is 22.8 Å². The minimum Gasteiger partial charge on any atom is -0.487 e. The van der Waals surface area contributed by atoms with Crippen molar-refractivity contribution >= 4 is 23.2 Å². The highest BCUT2D eigenvalue weighted by atomic mass is 35.5. The van der Waals surface area contributed by atoms with Crippen LogP contribution in [0.3, 0.4) is 0 Å². The fourth-order valence-electron chi connectivity index (χ4n) is 6.75. The van der Waals surface area contributed by atoms with E-state index < -0.39 is 0 Å². The predicted octanol–water partition coefficient (Wildman–Crippen LogP) is 4.81. The quantitative estimate of drug-likeness (QED) is 0.220. The fourth-order valence-corrected chi connectivity index (χ4v) is 6.91. The van der Waals surface area contributed by atoms with Crippen molar-refractivity contribution in [1.82, 2.24) is 44.9 Å². The van der Waals surface area contributed by atoms with Gasteiger partial charge >= 0.3 is 0 Å². The Hall–Kier alpha value is -3.85. The highest BCUT2D eigenvalue weighted by Crippen LogP contribution is 2.36. The van der Waals surface area contributed by atoms with E-state index in [0.29, 0.717) is 67.0 Å². The standard InChI is InChI=1S/C33H43ClN10O4/c1-21-13-42(14-22(2)47-21)27-5-7-28(8-6-27)44-16-30(32(39-44)46-19-24-17-45-18-24)38-33-35-11-26(12-36-33)25-4-9-29(34)31(10-25)48-23(3)15-43-20-37-40-41-43/h4,9-12,16,20-24,27-28H,5-8,13-15,17-19H2,1-3H3,(H,35,36,38)/t21-,22+,23?,27?,28?. The molecule has 2 aliphatic heterocycles. The molecule has 1 aromatic carbocycles. The van der Waals surface area contributed by atoms with E-state index >= 15 is 0 Å². The lowest BCUT2D eigenvalue weighted by Crippen LogP contribution is -2.51. The number of ether oxygens (including phenoxy) is 4. The Morgan fingerprint density at radius 3 is 2.46 bits per heavy atom. The number of aromatic nitrogens is 8. The molecule has 15 heteroatoms. The Labute approximate surface area is 285 Å². The van der Waals surface area contributed by atoms with Crippen LogP contribution >= 0.6 is 11.6 Å². The van der Waals surface area contributed by atoms with Gasteiger partial charge in [0, 0.05) is 43.0 Å². The molecule has 0 bridgehead atoms. The highest BCUT2D eigenvalue weighted by molar-refractivity contribution is 6.32. The number of benzene rings is 1. The molecule has 256 valence electrons. The van der Waals surface area contributed by atoms with Gasteiger partial charge in [-0.3, -0.25) is 9.58 Å². The summed E-state index contributed by atoms with van der Waals surface area (Å²) in [6.45, 7) is 10.8. The van der Waals surface area contributed by atoms with Crippen LogP contribution in [-0.4, -0.2) is 102 Å². The molecule has 2 saturated heterocycles. The molecule has 0 amide bonds. The number of rotatable bonds is 12. The molecule has 1 aliphatic carbocycles. The average molecular weight is 679 g/mol. The summed E-state index contributed by atoms with van der Waals surface area (Å²) in [5.74, 6) is 1.95. The minimum atomic E-state index is -0.203. The lowest BCUT2D eigenvalue weighted by atomic mass is 9.89. The average Bonchev–Trinajstić information content (AvgIpc) is 3.71. The highest BCUT2D eigenvalue weighted by Gasteiger charge is 2.32. The molecule has 1 unspecified atom stereocenters. The van der Waals surface area contributed by atoms with Crippen molar-refractivity contribution < 1.29 is 18.9 Å². The molecule has 1 N–H and O–H groups in total. The van der Waals surface area contributed by atoms with Crippen LogP contribution in [0.15, 0.2) is 43.1 Å². The first-order chi connectivity index (χ1) is 23.4. The summed E-state index contributed by atoms with van der Waals surface area (Å²) in [7, 11) is 0. The SMILES string of the molecule is CC(Cn1cnnn1)Oc1cc(-c2cnc(Nc3cn(C4CCC(N5C[C@@H](C)O[C@@H](C)C5)CC4)nc3OCC3COC3)nc2)ccc1Cl. The Morgan fingerprint density at radius 2 is 1.77 bits per heavy atom. The number of hydrogen-bond donors (Lipinski definition) is 1. The van der Waals surface area contributed by atoms with E-state index in [2.05, 4.69) is 54.2 Å². The molecular weight excluding hydrogens is 636 g/mol. The number of tetrazole rings is 1. The van der Waals surface area contributed by atoms with Gasteiger partial charge in [-0.05, 0) is 74.6 Å². The number of morpholine rings is 1. The zero-order chi connectivity index (χ0) is 33.0. The lowest BCUT2D eigenvalue weighted by Gasteiger charge is -2.42. The van der Waals surface area contributed by atoms with Crippen LogP contribution in [0.5, 0.6) is 11.6 Å². The molecule has 7 rings (SSSR count). The first-order valence-corrected chi connectivity index (χ1v) is 17.2. The summed E-state index contributed by atoms with van der Waals surface area (Å²) < 4.78 is 27.3. The van der Waals surface area contributed by atoms with Gasteiger partial charge in [0.2, 0.25) is 5.95 Å². The molecular formula is C33H43ClN10O4. The summed E-state index contributed by atoms with van der Waals surface area (Å²) >= 11 is 6.46. The molecule has 1 saturated carbocycles. The van der Waals surface area contributed by atoms with E-state index in [0.717, 1.165) is 55.6 Å². The topological polar surface area (TPSA) is 139 Å². The Morgan fingerprint density at radius 1 is 1.02 bits per heavy atom. The van der Waals surface area contributed by atoms with Gasteiger partial charge in [0.05, 0.1) is 55.8 Å². The van der Waals surface area contributed by atoms with Gasteiger partial charge in [-0.1, -0.05) is 17.7 Å². The van der Waals surface area contributed by atoms with Gasteiger partial charge in [0.25, 0.3) is 5.88 Å². The zero-order valence-electron chi connectivity index (χ0n) is 27.6. The van der Waals surface area contributed by atoms with Crippen LogP contribution in [0.1, 0.15) is 52.5 Å². The van der Waals surface area contributed by atoms with Gasteiger partial charge < -0.3 is 24.3 Å². The maximum atomic E-state index is 6.46. The van der Waals surface area contributed by atoms with Crippen molar-refractivity contribution in [2.75, 3.05) is 38.2 Å². The third-order valence-corrected chi connectivity index (χ3v) is 9.50. The van der Waals surface area contributed by atoms with Crippen LogP contribution in [-0.2, 0) is 16.0 Å². The summed E-state index contributed by atoms with van der Waals surface area (Å²) in [4.78, 5) is 11.9. The molecule has 3 aromatic heterocycles. The van der Waals surface area contributed by atoms with Crippen LogP contribution in [0, 0.1) is 5.92 Å². The second-order valence-electron chi connectivity index (χ2n) is 13.2. The largest absolute Gasteiger partial charge is 0.487 e. The van der Waals surface area contributed by atoms with Crippen molar-refractivity contribution in [3.63, 3.8) is 0 Å². The fraction of sp³-hybridized carbons (Fsp3) is 0.576. The number of nitrogens with one attached hydrogen (secondary N) is 1. The second-order valence-corrected chi connectivity index (χ2v) is 13.6. The summed E-state index contributed by atoms with van der Waals surface area (Å²) in [5, 5.41) is 20.0. The van der Waals surface area contributed by atoms with Crippen LogP contribution in [0.25, 0.3) is 11.1 Å². The zero-order valence-corrected chi connectivity index (χ0v) is 28.4. The molecule has 0 spiro atoms. The van der Waals surface area contributed by atoms with Crippen molar-refractivity contribution in [2.45, 2.75) is 83.4 Å². The minimum absolute atomic E-state index is 0.203. The van der Waals surface area contributed by atoms with Crippen LogP contribution in [0.2, 0.25) is 5.02 Å². The summed E-state index contributed by atoms with van der Waals surface area (Å²) in [6, 6.07) is 6.51. The van der Waals surface area contributed by atoms with Crippen molar-refractivity contribution in [2.24, 2.45) is 5.92 Å². The van der Waals surface area contributed by atoms with Gasteiger partial charge in [-0.15, -0.1) is 10.2 Å². The summed E-state index contributed by atoms with van der Waals surface area (Å²) in [6.07, 6.45) is 11.9. The normalized spacial score (nSPS) is 24.2. The number of anilines is 2. The van der Waals surface area contributed by atoms with Crippen LogP contribution in [0.4, 0.5) is 11.6 Å². The summed E-state index contributed by atoms with van der Waals surface area (Å²) in [5.41, 5.74) is 2.46. The molecule has 14 nitrogen and oxygen atoms in total. The molecule has 3 fully saturated rings. The first-order valence-electron chi connectivity index (χ1n) is 16.8.